The second-order valence-electron chi connectivity index (χ2n) is 4.97. The summed E-state index contributed by atoms with van der Waals surface area (Å²) in [4.78, 5) is 12.2. The Balaban J connectivity index is 1.84. The topological polar surface area (TPSA) is 34.1 Å². The lowest BCUT2D eigenvalue weighted by Gasteiger charge is -2.05. The van der Waals surface area contributed by atoms with Crippen LogP contribution in [0.4, 0.5) is 0 Å². The molecule has 3 aromatic carbocycles. The lowest BCUT2D eigenvalue weighted by Crippen LogP contribution is -2.03. The van der Waals surface area contributed by atoms with Gasteiger partial charge in [0, 0.05) is 10.9 Å². The van der Waals surface area contributed by atoms with Crippen molar-refractivity contribution < 1.29 is 9.36 Å². The van der Waals surface area contributed by atoms with E-state index < -0.39 is 7.80 Å². The van der Waals surface area contributed by atoms with E-state index in [2.05, 4.69) is 0 Å². The van der Waals surface area contributed by atoms with Crippen molar-refractivity contribution in [2.75, 3.05) is 0 Å². The minimum atomic E-state index is -2.48. The van der Waals surface area contributed by atoms with Gasteiger partial charge in [0.2, 0.25) is 5.52 Å². The van der Waals surface area contributed by atoms with E-state index in [0.717, 1.165) is 11.1 Å². The first kappa shape index (κ1) is 14.5. The number of carbonyl (C=O) groups excluding carboxylic acids is 1. The lowest BCUT2D eigenvalue weighted by atomic mass is 10.1. The Morgan fingerprint density at radius 2 is 1.14 bits per heavy atom. The Morgan fingerprint density at radius 3 is 1.73 bits per heavy atom. The predicted octanol–water partition coefficient (Wildman–Crippen LogP) is 4.38. The summed E-state index contributed by atoms with van der Waals surface area (Å²) in [6.07, 6.45) is 0. The highest BCUT2D eigenvalue weighted by atomic mass is 31.1. The minimum absolute atomic E-state index is 0.293. The van der Waals surface area contributed by atoms with Crippen molar-refractivity contribution in [3.63, 3.8) is 0 Å². The Kier molecular flexibility index (Phi) is 4.32. The first-order chi connectivity index (χ1) is 10.8. The van der Waals surface area contributed by atoms with Crippen molar-refractivity contribution in [1.29, 1.82) is 0 Å². The van der Waals surface area contributed by atoms with Gasteiger partial charge in [-0.3, -0.25) is 4.79 Å². The Bertz CT molecular complexity index is 794. The first-order valence-electron chi connectivity index (χ1n) is 7.05. The summed E-state index contributed by atoms with van der Waals surface area (Å²) in [5.41, 5.74) is 2.35. The molecular weight excluding hydrogens is 291 g/mol. The van der Waals surface area contributed by atoms with E-state index >= 15 is 0 Å². The third-order valence-electron chi connectivity index (χ3n) is 3.50. The summed E-state index contributed by atoms with van der Waals surface area (Å²) in [7, 11) is -2.48. The molecule has 2 nitrogen and oxygen atoms in total. The fourth-order valence-corrected chi connectivity index (χ4v) is 3.46. The van der Waals surface area contributed by atoms with Gasteiger partial charge < -0.3 is 4.57 Å². The molecule has 0 aliphatic carbocycles. The van der Waals surface area contributed by atoms with E-state index in [1.165, 1.54) is 0 Å². The first-order valence-corrected chi connectivity index (χ1v) is 8.46. The molecule has 0 amide bonds. The maximum atomic E-state index is 12.4. The van der Waals surface area contributed by atoms with Crippen LogP contribution >= 0.6 is 7.80 Å². The van der Waals surface area contributed by atoms with Crippen molar-refractivity contribution >= 4 is 18.6 Å². The number of carbonyl (C=O) groups is 1. The molecule has 108 valence electrons. The average Bonchev–Trinajstić information content (AvgIpc) is 2.62. The van der Waals surface area contributed by atoms with Crippen LogP contribution in [0.15, 0.2) is 84.9 Å². The van der Waals surface area contributed by atoms with Crippen LogP contribution in [0.3, 0.4) is 0 Å². The molecule has 3 aromatic rings. The molecule has 0 saturated heterocycles. The smallest absolute Gasteiger partial charge is 0.222 e. The maximum Gasteiger partial charge on any atom is 0.222 e. The largest absolute Gasteiger partial charge is 0.313 e. The monoisotopic (exact) mass is 306 g/mol. The third kappa shape index (κ3) is 3.08. The van der Waals surface area contributed by atoms with Crippen molar-refractivity contribution in [1.82, 2.24) is 0 Å². The Hall–Kier alpha value is -2.44. The molecule has 0 saturated carbocycles. The van der Waals surface area contributed by atoms with Crippen LogP contribution in [0.2, 0.25) is 0 Å². The van der Waals surface area contributed by atoms with Crippen LogP contribution in [0, 0.1) is 0 Å². The molecule has 3 heteroatoms. The molecule has 1 unspecified atom stereocenters. The number of benzene rings is 3. The van der Waals surface area contributed by atoms with E-state index in [9.17, 15) is 9.36 Å². The zero-order chi connectivity index (χ0) is 15.4. The van der Waals surface area contributed by atoms with Crippen LogP contribution in [-0.4, -0.2) is 5.52 Å². The van der Waals surface area contributed by atoms with Gasteiger partial charge in [-0.25, -0.2) is 0 Å². The summed E-state index contributed by atoms with van der Waals surface area (Å²) in [5.74, 6) is 0. The minimum Gasteiger partial charge on any atom is -0.313 e. The van der Waals surface area contributed by atoms with Gasteiger partial charge in [0.05, 0.1) is 0 Å². The predicted molar refractivity (Wildman–Crippen MR) is 91.3 cm³/mol. The molecule has 0 aliphatic heterocycles. The molecule has 0 radical (unpaired) electrons. The summed E-state index contributed by atoms with van der Waals surface area (Å²) >= 11 is 0. The standard InChI is InChI=1S/C19H15O2P/c20-19(17-9-5-2-6-10-17)22(21)18-13-11-16(12-14-18)15-7-3-1-4-8-15/h1-14,22H. The molecular formula is C19H15O2P. The molecule has 0 bridgehead atoms. The Labute approximate surface area is 130 Å². The second kappa shape index (κ2) is 6.55. The average molecular weight is 306 g/mol. The molecule has 22 heavy (non-hydrogen) atoms. The van der Waals surface area contributed by atoms with E-state index in [1.807, 2.05) is 48.5 Å². The van der Waals surface area contributed by atoms with Crippen LogP contribution in [0.25, 0.3) is 11.1 Å². The second-order valence-corrected chi connectivity index (χ2v) is 6.66. The molecule has 0 aliphatic rings. The number of hydrogen-bond donors (Lipinski definition) is 0. The Morgan fingerprint density at radius 1 is 0.636 bits per heavy atom. The van der Waals surface area contributed by atoms with E-state index in [0.29, 0.717) is 10.9 Å². The zero-order valence-corrected chi connectivity index (χ0v) is 12.9. The normalized spacial score (nSPS) is 11.8. The fraction of sp³-hybridized carbons (Fsp3) is 0. The molecule has 1 atom stereocenters. The zero-order valence-electron chi connectivity index (χ0n) is 11.9. The summed E-state index contributed by atoms with van der Waals surface area (Å²) < 4.78 is 12.4. The van der Waals surface area contributed by atoms with Gasteiger partial charge >= 0.3 is 0 Å². The van der Waals surface area contributed by atoms with Crippen LogP contribution in [-0.2, 0) is 4.57 Å². The quantitative estimate of drug-likeness (QED) is 0.670. The van der Waals surface area contributed by atoms with Crippen molar-refractivity contribution in [3.8, 4) is 11.1 Å². The highest BCUT2D eigenvalue weighted by Gasteiger charge is 2.15. The highest BCUT2D eigenvalue weighted by Crippen LogP contribution is 2.27. The van der Waals surface area contributed by atoms with Gasteiger partial charge in [0.1, 0.15) is 0 Å². The fourth-order valence-electron chi connectivity index (χ4n) is 2.30. The summed E-state index contributed by atoms with van der Waals surface area (Å²) in [6, 6.07) is 26.1. The van der Waals surface area contributed by atoms with Crippen molar-refractivity contribution in [2.45, 2.75) is 0 Å². The lowest BCUT2D eigenvalue weighted by molar-refractivity contribution is 0.108. The number of hydrogen-bond acceptors (Lipinski definition) is 2. The van der Waals surface area contributed by atoms with Gasteiger partial charge in [0.15, 0.2) is 7.80 Å². The molecule has 0 N–H and O–H groups in total. The van der Waals surface area contributed by atoms with Crippen molar-refractivity contribution in [2.24, 2.45) is 0 Å². The van der Waals surface area contributed by atoms with Gasteiger partial charge in [-0.2, -0.15) is 0 Å². The van der Waals surface area contributed by atoms with Gasteiger partial charge in [-0.15, -0.1) is 0 Å². The van der Waals surface area contributed by atoms with Crippen LogP contribution in [0.5, 0.6) is 0 Å². The summed E-state index contributed by atoms with van der Waals surface area (Å²) in [5, 5.41) is 0.596. The van der Waals surface area contributed by atoms with E-state index in [-0.39, 0.29) is 5.52 Å². The van der Waals surface area contributed by atoms with E-state index in [1.54, 1.807) is 36.4 Å². The summed E-state index contributed by atoms with van der Waals surface area (Å²) in [6.45, 7) is 0. The van der Waals surface area contributed by atoms with Gasteiger partial charge in [0.25, 0.3) is 0 Å². The SMILES string of the molecule is O=C(c1ccccc1)[PH](=O)c1ccc(-c2ccccc2)cc1. The molecule has 0 heterocycles. The third-order valence-corrected chi connectivity index (χ3v) is 5.06. The van der Waals surface area contributed by atoms with Gasteiger partial charge in [-0.05, 0) is 11.1 Å². The van der Waals surface area contributed by atoms with Crippen LogP contribution < -0.4 is 5.30 Å². The van der Waals surface area contributed by atoms with Crippen LogP contribution in [0.1, 0.15) is 10.4 Å². The molecule has 3 rings (SSSR count). The molecule has 0 aromatic heterocycles. The number of rotatable bonds is 4. The van der Waals surface area contributed by atoms with E-state index in [4.69, 9.17) is 0 Å². The maximum absolute atomic E-state index is 12.4. The van der Waals surface area contributed by atoms with Gasteiger partial charge in [-0.1, -0.05) is 84.9 Å². The molecule has 0 spiro atoms. The highest BCUT2D eigenvalue weighted by molar-refractivity contribution is 7.71. The molecule has 0 fully saturated rings. The van der Waals surface area contributed by atoms with Crippen molar-refractivity contribution in [3.05, 3.63) is 90.5 Å².